The van der Waals surface area contributed by atoms with Gasteiger partial charge in [-0.3, -0.25) is 14.4 Å². The summed E-state index contributed by atoms with van der Waals surface area (Å²) in [5, 5.41) is 6.17. The van der Waals surface area contributed by atoms with Crippen molar-refractivity contribution in [1.82, 2.24) is 15.6 Å². The molecule has 10 nitrogen and oxygen atoms in total. The lowest BCUT2D eigenvalue weighted by molar-refractivity contribution is -0.149. The van der Waals surface area contributed by atoms with Crippen LogP contribution in [0.4, 0.5) is 0 Å². The van der Waals surface area contributed by atoms with Crippen LogP contribution in [0.25, 0.3) is 16.4 Å². The van der Waals surface area contributed by atoms with Crippen molar-refractivity contribution in [2.45, 2.75) is 57.2 Å². The molecule has 0 radical (unpaired) electrons. The largest absolute Gasteiger partial charge is 0.461 e. The number of aromatic nitrogens is 1. The fourth-order valence-electron chi connectivity index (χ4n) is 3.34. The molecule has 0 saturated heterocycles. The monoisotopic (exact) mass is 439 g/mol. The lowest BCUT2D eigenvalue weighted by Crippen LogP contribution is -2.52. The van der Waals surface area contributed by atoms with Crippen LogP contribution in [-0.2, 0) is 30.3 Å². The Morgan fingerprint density at radius 1 is 1.22 bits per heavy atom. The average molecular weight is 439 g/mol. The Hall–Kier alpha value is -3.78. The first-order valence-corrected chi connectivity index (χ1v) is 10.4. The molecule has 1 saturated carbocycles. The van der Waals surface area contributed by atoms with Gasteiger partial charge in [-0.25, -0.2) is 4.79 Å². The third kappa shape index (κ3) is 6.36. The van der Waals surface area contributed by atoms with E-state index in [4.69, 9.17) is 10.3 Å². The molecule has 1 aliphatic carbocycles. The van der Waals surface area contributed by atoms with Crippen molar-refractivity contribution in [2.24, 2.45) is 0 Å². The second-order valence-corrected chi connectivity index (χ2v) is 7.76. The lowest BCUT2D eigenvalue weighted by Gasteiger charge is -2.22. The molecular formula is C22H25N5O5. The molecule has 168 valence electrons. The molecule has 0 aliphatic heterocycles. The summed E-state index contributed by atoms with van der Waals surface area (Å²) in [6.45, 7) is 1.31. The van der Waals surface area contributed by atoms with E-state index in [2.05, 4.69) is 20.4 Å². The molecule has 1 heterocycles. The van der Waals surface area contributed by atoms with Gasteiger partial charge >= 0.3 is 12.2 Å². The second kappa shape index (κ2) is 10.5. The molecule has 1 aromatic heterocycles. The maximum absolute atomic E-state index is 13.0. The van der Waals surface area contributed by atoms with E-state index in [1.807, 2.05) is 24.3 Å². The average Bonchev–Trinajstić information content (AvgIpc) is 3.48. The number of carbonyl (C=O) groups excluding carboxylic acids is 4. The lowest BCUT2D eigenvalue weighted by atomic mass is 10.0. The van der Waals surface area contributed by atoms with Crippen LogP contribution >= 0.6 is 0 Å². The number of nitrogens with one attached hydrogen (secondary N) is 3. The number of hydrogen-bond donors (Lipinski definition) is 3. The van der Waals surface area contributed by atoms with Crippen molar-refractivity contribution in [3.8, 4) is 0 Å². The zero-order valence-electron chi connectivity index (χ0n) is 17.7. The predicted molar refractivity (Wildman–Crippen MR) is 115 cm³/mol. The van der Waals surface area contributed by atoms with Crippen molar-refractivity contribution in [3.63, 3.8) is 0 Å². The molecule has 1 fully saturated rings. The topological polar surface area (TPSA) is 154 Å². The quantitative estimate of drug-likeness (QED) is 0.207. The number of ether oxygens (including phenoxy) is 1. The predicted octanol–water partition coefficient (Wildman–Crippen LogP) is 1.06. The summed E-state index contributed by atoms with van der Waals surface area (Å²) >= 11 is 0. The number of benzene rings is 1. The number of para-hydroxylation sites is 1. The number of ketones is 1. The molecule has 2 amide bonds. The van der Waals surface area contributed by atoms with Gasteiger partial charge in [0, 0.05) is 36.9 Å². The number of esters is 1. The minimum absolute atomic E-state index is 0.0258. The third-order valence-corrected chi connectivity index (χ3v) is 5.08. The number of rotatable bonds is 11. The molecule has 3 rings (SSSR count). The molecule has 0 unspecified atom stereocenters. The number of carbonyl (C=O) groups is 4. The van der Waals surface area contributed by atoms with Crippen molar-refractivity contribution < 1.29 is 28.7 Å². The number of fused-ring (bicyclic) bond motifs is 1. The Labute approximate surface area is 184 Å². The number of Topliss-reactive ketones (excluding diaryl/α,β-unsaturated/α-hetero) is 1. The van der Waals surface area contributed by atoms with Crippen molar-refractivity contribution in [3.05, 3.63) is 41.6 Å². The Bertz CT molecular complexity index is 1070. The number of amides is 2. The summed E-state index contributed by atoms with van der Waals surface area (Å²) in [7, 11) is 0. The third-order valence-electron chi connectivity index (χ3n) is 5.08. The highest BCUT2D eigenvalue weighted by molar-refractivity contribution is 6.25. The van der Waals surface area contributed by atoms with Crippen molar-refractivity contribution >= 4 is 40.7 Å². The number of hydrogen-bond acceptors (Lipinski definition) is 5. The van der Waals surface area contributed by atoms with Crippen LogP contribution in [0.15, 0.2) is 30.5 Å². The van der Waals surface area contributed by atoms with E-state index in [0.717, 1.165) is 35.5 Å². The smallest absolute Gasteiger partial charge is 0.328 e. The highest BCUT2D eigenvalue weighted by atomic mass is 16.5. The van der Waals surface area contributed by atoms with Gasteiger partial charge in [-0.15, -0.1) is 0 Å². The van der Waals surface area contributed by atoms with Gasteiger partial charge in [0.1, 0.15) is 18.2 Å². The number of nitrogens with zero attached hydrogens (tertiary/aromatic N) is 2. The van der Waals surface area contributed by atoms with E-state index in [1.54, 1.807) is 6.20 Å². The molecular weight excluding hydrogens is 414 g/mol. The normalized spacial score (nSPS) is 14.7. The highest BCUT2D eigenvalue weighted by Crippen LogP contribution is 2.24. The van der Waals surface area contributed by atoms with E-state index in [0.29, 0.717) is 0 Å². The highest BCUT2D eigenvalue weighted by Gasteiger charge is 2.33. The Balaban J connectivity index is 1.74. The van der Waals surface area contributed by atoms with Crippen LogP contribution in [0.1, 0.15) is 38.2 Å². The van der Waals surface area contributed by atoms with E-state index in [-0.39, 0.29) is 25.4 Å². The van der Waals surface area contributed by atoms with E-state index in [9.17, 15) is 19.2 Å². The maximum Gasteiger partial charge on any atom is 0.328 e. The molecule has 32 heavy (non-hydrogen) atoms. The van der Waals surface area contributed by atoms with Crippen LogP contribution in [0.5, 0.6) is 0 Å². The number of H-pyrrole nitrogens is 1. The van der Waals surface area contributed by atoms with Gasteiger partial charge in [0.25, 0.3) is 0 Å². The van der Waals surface area contributed by atoms with E-state index < -0.39 is 35.7 Å². The zero-order valence-corrected chi connectivity index (χ0v) is 17.7. The van der Waals surface area contributed by atoms with Gasteiger partial charge in [-0.05, 0) is 30.9 Å². The SMILES string of the molecule is CC(=O)N[C@@H](Cc1c[nH]c2ccccc12)C(=O)N[C@@H](CCC(=O)C=[N+]=[N-])C(=O)OC1CC1. The van der Waals surface area contributed by atoms with Gasteiger partial charge < -0.3 is 25.9 Å². The van der Waals surface area contributed by atoms with Gasteiger partial charge in [0.15, 0.2) is 0 Å². The molecule has 10 heteroatoms. The molecule has 1 aromatic carbocycles. The van der Waals surface area contributed by atoms with Crippen LogP contribution in [0.3, 0.4) is 0 Å². The minimum Gasteiger partial charge on any atom is -0.461 e. The minimum atomic E-state index is -1.07. The fraction of sp³-hybridized carbons (Fsp3) is 0.409. The summed E-state index contributed by atoms with van der Waals surface area (Å²) in [5.74, 6) is -2.09. The first kappa shape index (κ1) is 22.9. The van der Waals surface area contributed by atoms with Gasteiger partial charge in [0.05, 0.1) is 0 Å². The summed E-state index contributed by atoms with van der Waals surface area (Å²) in [6.07, 6.45) is 3.92. The summed E-state index contributed by atoms with van der Waals surface area (Å²) in [6, 6.07) is 5.58. The summed E-state index contributed by atoms with van der Waals surface area (Å²) in [4.78, 5) is 54.8. The summed E-state index contributed by atoms with van der Waals surface area (Å²) < 4.78 is 5.30. The Morgan fingerprint density at radius 2 is 1.97 bits per heavy atom. The Kier molecular flexibility index (Phi) is 7.51. The zero-order chi connectivity index (χ0) is 23.1. The summed E-state index contributed by atoms with van der Waals surface area (Å²) in [5.41, 5.74) is 10.2. The molecule has 0 spiro atoms. The first-order valence-electron chi connectivity index (χ1n) is 10.4. The molecule has 3 N–H and O–H groups in total. The molecule has 0 bridgehead atoms. The van der Waals surface area contributed by atoms with Crippen LogP contribution in [0.2, 0.25) is 0 Å². The standard InChI is InChI=1S/C22H25N5O5/c1-13(28)26-20(10-14-11-24-18-5-3-2-4-17(14)18)21(30)27-19(9-6-15(29)12-25-23)22(31)32-16-7-8-16/h2-5,11-12,16,19-20,24H,6-10H2,1H3,(H,26,28)(H,27,30)/t19-,20-/m0/s1. The van der Waals surface area contributed by atoms with Gasteiger partial charge in [0.2, 0.25) is 17.6 Å². The number of aromatic amines is 1. The van der Waals surface area contributed by atoms with Crippen LogP contribution in [0, 0.1) is 0 Å². The van der Waals surface area contributed by atoms with Crippen molar-refractivity contribution in [2.75, 3.05) is 0 Å². The fourth-order valence-corrected chi connectivity index (χ4v) is 3.34. The Morgan fingerprint density at radius 3 is 2.66 bits per heavy atom. The van der Waals surface area contributed by atoms with Crippen LogP contribution < -0.4 is 10.6 Å². The maximum atomic E-state index is 13.0. The molecule has 2 aromatic rings. The molecule has 1 aliphatic rings. The van der Waals surface area contributed by atoms with Crippen molar-refractivity contribution in [1.29, 1.82) is 0 Å². The molecule has 2 atom stereocenters. The van der Waals surface area contributed by atoms with Gasteiger partial charge in [-0.2, -0.15) is 4.79 Å². The second-order valence-electron chi connectivity index (χ2n) is 7.76. The van der Waals surface area contributed by atoms with Gasteiger partial charge in [-0.1, -0.05) is 18.2 Å². The van der Waals surface area contributed by atoms with Crippen LogP contribution in [-0.4, -0.2) is 57.7 Å². The first-order chi connectivity index (χ1) is 15.4. The van der Waals surface area contributed by atoms with E-state index >= 15 is 0 Å². The van der Waals surface area contributed by atoms with E-state index in [1.165, 1.54) is 6.92 Å².